The summed E-state index contributed by atoms with van der Waals surface area (Å²) in [5, 5.41) is 3.11. The number of hydrogen-bond acceptors (Lipinski definition) is 4. The van der Waals surface area contributed by atoms with E-state index in [0.29, 0.717) is 11.9 Å². The molecule has 7 heteroatoms. The molecule has 1 atom stereocenters. The predicted octanol–water partition coefficient (Wildman–Crippen LogP) is 1.92. The summed E-state index contributed by atoms with van der Waals surface area (Å²) < 4.78 is 5.30. The molecule has 0 amide bonds. The minimum absolute atomic E-state index is 0. The molecule has 24 heavy (non-hydrogen) atoms. The standard InChI is InChI=1S/C17H29N5O.HI/c1-14(13-22-10-8-21(2)9-11-22)12-19-17(18)20-15-6-4-5-7-16(15)23-3;/h4-7,14H,8-13H2,1-3H3,(H3,18,19,20);1H. The van der Waals surface area contributed by atoms with Crippen molar-refractivity contribution in [3.63, 3.8) is 0 Å². The van der Waals surface area contributed by atoms with E-state index in [2.05, 4.69) is 34.1 Å². The SMILES string of the molecule is COc1ccccc1NC(N)=NCC(C)CN1CCN(C)CC1.I. The van der Waals surface area contributed by atoms with E-state index >= 15 is 0 Å². The summed E-state index contributed by atoms with van der Waals surface area (Å²) in [6.07, 6.45) is 0. The van der Waals surface area contributed by atoms with E-state index in [1.54, 1.807) is 7.11 Å². The fourth-order valence-electron chi connectivity index (χ4n) is 2.71. The van der Waals surface area contributed by atoms with Gasteiger partial charge in [-0.05, 0) is 25.1 Å². The fraction of sp³-hybridized carbons (Fsp3) is 0.588. The normalized spacial score (nSPS) is 17.9. The number of methoxy groups -OCH3 is 1. The van der Waals surface area contributed by atoms with Gasteiger partial charge in [-0.1, -0.05) is 19.1 Å². The number of benzene rings is 1. The van der Waals surface area contributed by atoms with Gasteiger partial charge >= 0.3 is 0 Å². The van der Waals surface area contributed by atoms with Gasteiger partial charge < -0.3 is 25.6 Å². The van der Waals surface area contributed by atoms with Crippen molar-refractivity contribution in [1.29, 1.82) is 0 Å². The van der Waals surface area contributed by atoms with Crippen molar-refractivity contribution < 1.29 is 4.74 Å². The third-order valence-electron chi connectivity index (χ3n) is 4.11. The zero-order chi connectivity index (χ0) is 16.7. The molecule has 0 bridgehead atoms. The van der Waals surface area contributed by atoms with Crippen molar-refractivity contribution in [3.8, 4) is 5.75 Å². The minimum atomic E-state index is 0. The Bertz CT molecular complexity index is 517. The number of nitrogens with zero attached hydrogens (tertiary/aromatic N) is 3. The Balaban J connectivity index is 0.00000288. The molecule has 2 rings (SSSR count). The third kappa shape index (κ3) is 6.82. The Morgan fingerprint density at radius 1 is 1.29 bits per heavy atom. The van der Waals surface area contributed by atoms with Crippen LogP contribution in [0.3, 0.4) is 0 Å². The highest BCUT2D eigenvalue weighted by Crippen LogP contribution is 2.22. The first-order chi connectivity index (χ1) is 11.1. The van der Waals surface area contributed by atoms with Crippen LogP contribution in [0.5, 0.6) is 5.75 Å². The number of para-hydroxylation sites is 2. The van der Waals surface area contributed by atoms with Crippen LogP contribution in [0.15, 0.2) is 29.3 Å². The number of rotatable bonds is 6. The molecule has 1 aliphatic heterocycles. The van der Waals surface area contributed by atoms with E-state index in [9.17, 15) is 0 Å². The van der Waals surface area contributed by atoms with Gasteiger partial charge in [-0.15, -0.1) is 24.0 Å². The van der Waals surface area contributed by atoms with Crippen molar-refractivity contribution in [2.75, 3.05) is 58.7 Å². The summed E-state index contributed by atoms with van der Waals surface area (Å²) in [7, 11) is 3.82. The smallest absolute Gasteiger partial charge is 0.193 e. The van der Waals surface area contributed by atoms with Crippen LogP contribution in [-0.4, -0.2) is 69.2 Å². The second kappa shape index (κ2) is 10.7. The van der Waals surface area contributed by atoms with Crippen molar-refractivity contribution in [1.82, 2.24) is 9.80 Å². The lowest BCUT2D eigenvalue weighted by molar-refractivity contribution is 0.140. The van der Waals surface area contributed by atoms with Crippen molar-refractivity contribution in [2.45, 2.75) is 6.92 Å². The molecule has 6 nitrogen and oxygen atoms in total. The number of hydrogen-bond donors (Lipinski definition) is 2. The molecular weight excluding hydrogens is 417 g/mol. The number of halogens is 1. The summed E-state index contributed by atoms with van der Waals surface area (Å²) in [6.45, 7) is 8.58. The Hall–Kier alpha value is -1.06. The molecule has 0 aromatic heterocycles. The highest BCUT2D eigenvalue weighted by molar-refractivity contribution is 14.0. The summed E-state index contributed by atoms with van der Waals surface area (Å²) in [4.78, 5) is 9.34. The largest absolute Gasteiger partial charge is 0.495 e. The number of anilines is 1. The first-order valence-corrected chi connectivity index (χ1v) is 8.19. The van der Waals surface area contributed by atoms with Gasteiger partial charge in [0.05, 0.1) is 12.8 Å². The van der Waals surface area contributed by atoms with Gasteiger partial charge in [-0.2, -0.15) is 0 Å². The van der Waals surface area contributed by atoms with Crippen LogP contribution in [0, 0.1) is 5.92 Å². The molecule has 1 saturated heterocycles. The number of guanidine groups is 1. The monoisotopic (exact) mass is 447 g/mol. The summed E-state index contributed by atoms with van der Waals surface area (Å²) in [5.74, 6) is 1.67. The quantitative estimate of drug-likeness (QED) is 0.397. The van der Waals surface area contributed by atoms with Crippen LogP contribution >= 0.6 is 24.0 Å². The van der Waals surface area contributed by atoms with Crippen LogP contribution < -0.4 is 15.8 Å². The Labute approximate surface area is 162 Å². The number of aliphatic imine (C=N–C) groups is 1. The van der Waals surface area contributed by atoms with Gasteiger partial charge in [-0.25, -0.2) is 0 Å². The van der Waals surface area contributed by atoms with Crippen LogP contribution in [0.4, 0.5) is 5.69 Å². The third-order valence-corrected chi connectivity index (χ3v) is 4.11. The van der Waals surface area contributed by atoms with Gasteiger partial charge in [0.25, 0.3) is 0 Å². The molecule has 136 valence electrons. The summed E-state index contributed by atoms with van der Waals surface area (Å²) >= 11 is 0. The highest BCUT2D eigenvalue weighted by Gasteiger charge is 2.15. The maximum atomic E-state index is 5.99. The Morgan fingerprint density at radius 3 is 2.62 bits per heavy atom. The van der Waals surface area contributed by atoms with Crippen molar-refractivity contribution >= 4 is 35.6 Å². The first kappa shape index (κ1) is 21.0. The van der Waals surface area contributed by atoms with E-state index in [1.807, 2.05) is 24.3 Å². The summed E-state index contributed by atoms with van der Waals surface area (Å²) in [6, 6.07) is 7.68. The fourth-order valence-corrected chi connectivity index (χ4v) is 2.71. The Kier molecular flexibility index (Phi) is 9.38. The molecule has 0 radical (unpaired) electrons. The van der Waals surface area contributed by atoms with Crippen LogP contribution in [0.25, 0.3) is 0 Å². The molecular formula is C17H30IN5O. The molecule has 0 spiro atoms. The number of ether oxygens (including phenoxy) is 1. The molecule has 1 unspecified atom stereocenters. The van der Waals surface area contributed by atoms with Crippen LogP contribution in [0.2, 0.25) is 0 Å². The van der Waals surface area contributed by atoms with E-state index in [-0.39, 0.29) is 24.0 Å². The second-order valence-electron chi connectivity index (χ2n) is 6.26. The van der Waals surface area contributed by atoms with Crippen molar-refractivity contribution in [2.24, 2.45) is 16.6 Å². The lowest BCUT2D eigenvalue weighted by Crippen LogP contribution is -2.46. The molecule has 1 aliphatic rings. The first-order valence-electron chi connectivity index (χ1n) is 8.19. The molecule has 1 aromatic carbocycles. The predicted molar refractivity (Wildman–Crippen MR) is 112 cm³/mol. The summed E-state index contributed by atoms with van der Waals surface area (Å²) in [5.41, 5.74) is 6.83. The Morgan fingerprint density at radius 2 is 1.96 bits per heavy atom. The van der Waals surface area contributed by atoms with Gasteiger partial charge in [0.15, 0.2) is 5.96 Å². The maximum absolute atomic E-state index is 5.99. The minimum Gasteiger partial charge on any atom is -0.495 e. The van der Waals surface area contributed by atoms with Gasteiger partial charge in [0.2, 0.25) is 0 Å². The maximum Gasteiger partial charge on any atom is 0.193 e. The number of nitrogens with two attached hydrogens (primary N) is 1. The topological polar surface area (TPSA) is 66.1 Å². The van der Waals surface area contributed by atoms with Crippen molar-refractivity contribution in [3.05, 3.63) is 24.3 Å². The number of nitrogens with one attached hydrogen (secondary N) is 1. The second-order valence-corrected chi connectivity index (χ2v) is 6.26. The number of piperazine rings is 1. The van der Waals surface area contributed by atoms with E-state index in [4.69, 9.17) is 10.5 Å². The average Bonchev–Trinajstić information content (AvgIpc) is 2.55. The van der Waals surface area contributed by atoms with Gasteiger partial charge in [0.1, 0.15) is 5.75 Å². The van der Waals surface area contributed by atoms with Gasteiger partial charge in [0, 0.05) is 39.3 Å². The average molecular weight is 447 g/mol. The highest BCUT2D eigenvalue weighted by atomic mass is 127. The zero-order valence-corrected chi connectivity index (χ0v) is 17.2. The lowest BCUT2D eigenvalue weighted by Gasteiger charge is -2.33. The van der Waals surface area contributed by atoms with Crippen LogP contribution in [0.1, 0.15) is 6.92 Å². The van der Waals surface area contributed by atoms with Gasteiger partial charge in [-0.3, -0.25) is 4.99 Å². The molecule has 0 saturated carbocycles. The number of likely N-dealkylation sites (N-methyl/N-ethyl adjacent to an activating group) is 1. The molecule has 3 N–H and O–H groups in total. The van der Waals surface area contributed by atoms with E-state index in [0.717, 1.165) is 50.7 Å². The molecule has 1 aromatic rings. The van der Waals surface area contributed by atoms with Crippen LogP contribution in [-0.2, 0) is 0 Å². The van der Waals surface area contributed by atoms with E-state index < -0.39 is 0 Å². The zero-order valence-electron chi connectivity index (χ0n) is 14.9. The lowest BCUT2D eigenvalue weighted by atomic mass is 10.1. The molecule has 1 heterocycles. The molecule has 0 aliphatic carbocycles. The van der Waals surface area contributed by atoms with E-state index in [1.165, 1.54) is 0 Å². The molecule has 1 fully saturated rings.